The number of anilines is 2. The molecule has 0 radical (unpaired) electrons. The van der Waals surface area contributed by atoms with E-state index >= 15 is 0 Å². The van der Waals surface area contributed by atoms with E-state index in [4.69, 9.17) is 5.73 Å². The lowest BCUT2D eigenvalue weighted by atomic mass is 9.96. The summed E-state index contributed by atoms with van der Waals surface area (Å²) in [6, 6.07) is 14.2. The molecule has 2 aromatic carbocycles. The molecule has 0 unspecified atom stereocenters. The van der Waals surface area contributed by atoms with Gasteiger partial charge in [-0.25, -0.2) is 4.99 Å². The number of benzene rings is 2. The summed E-state index contributed by atoms with van der Waals surface area (Å²) in [6.45, 7) is 2.33. The fraction of sp³-hybridized carbons (Fsp3) is 0.308. The molecule has 3 N–H and O–H groups in total. The minimum absolute atomic E-state index is 0.0395. The van der Waals surface area contributed by atoms with Crippen LogP contribution in [0.25, 0.3) is 0 Å². The Morgan fingerprint density at radius 1 is 0.941 bits per heavy atom. The number of rotatable bonds is 5. The maximum atomic E-state index is 13.5. The highest BCUT2D eigenvalue weighted by Gasteiger charge is 2.32. The SMILES string of the molecule is CC(=O)C(N)=C1CCN(c2ccc(N3CCCCC3=O)cc2)C(=O)C1=Nc1ccc(CO)cc1. The molecule has 0 bridgehead atoms. The number of carbonyl (C=O) groups excluding carboxylic acids is 3. The van der Waals surface area contributed by atoms with Crippen LogP contribution in [0.15, 0.2) is 64.8 Å². The van der Waals surface area contributed by atoms with Crippen molar-refractivity contribution in [3.05, 3.63) is 65.4 Å². The Balaban J connectivity index is 1.66. The van der Waals surface area contributed by atoms with Crippen molar-refractivity contribution in [3.63, 3.8) is 0 Å². The van der Waals surface area contributed by atoms with E-state index in [1.165, 1.54) is 6.92 Å². The maximum absolute atomic E-state index is 13.5. The Morgan fingerprint density at radius 2 is 1.59 bits per heavy atom. The average Bonchev–Trinajstić information content (AvgIpc) is 2.85. The standard InChI is InChI=1S/C26H28N4O4/c1-17(32)24(27)22-13-15-30(26(34)25(22)28-19-7-5-18(16-31)6-8-19)21-11-9-20(10-12-21)29-14-3-2-4-23(29)33/h5-12,31H,2-4,13-16,27H2,1H3. The lowest BCUT2D eigenvalue weighted by molar-refractivity contribution is -0.119. The molecule has 2 heterocycles. The van der Waals surface area contributed by atoms with Crippen LogP contribution in [-0.2, 0) is 21.0 Å². The largest absolute Gasteiger partial charge is 0.396 e. The molecule has 176 valence electrons. The number of allylic oxidation sites excluding steroid dienone is 1. The summed E-state index contributed by atoms with van der Waals surface area (Å²) in [4.78, 5) is 45.7. The molecule has 0 saturated carbocycles. The third-order valence-corrected chi connectivity index (χ3v) is 6.18. The Kier molecular flexibility index (Phi) is 6.88. The first-order chi connectivity index (χ1) is 16.4. The van der Waals surface area contributed by atoms with Crippen molar-refractivity contribution >= 4 is 40.4 Å². The highest BCUT2D eigenvalue weighted by molar-refractivity contribution is 6.51. The summed E-state index contributed by atoms with van der Waals surface area (Å²) in [5, 5.41) is 9.27. The van der Waals surface area contributed by atoms with Crippen LogP contribution < -0.4 is 15.5 Å². The lowest BCUT2D eigenvalue weighted by Crippen LogP contribution is -2.44. The fourth-order valence-electron chi connectivity index (χ4n) is 4.23. The highest BCUT2D eigenvalue weighted by atomic mass is 16.3. The normalized spacial score (nSPS) is 19.5. The maximum Gasteiger partial charge on any atom is 0.277 e. The number of piperidine rings is 2. The van der Waals surface area contributed by atoms with Crippen LogP contribution in [-0.4, -0.2) is 41.5 Å². The van der Waals surface area contributed by atoms with Gasteiger partial charge in [0.1, 0.15) is 5.71 Å². The number of aliphatic hydroxyl groups excluding tert-OH is 1. The fourth-order valence-corrected chi connectivity index (χ4v) is 4.23. The van der Waals surface area contributed by atoms with E-state index < -0.39 is 0 Å². The Bertz CT molecular complexity index is 1170. The monoisotopic (exact) mass is 460 g/mol. The van der Waals surface area contributed by atoms with Gasteiger partial charge in [-0.3, -0.25) is 14.4 Å². The van der Waals surface area contributed by atoms with Crippen LogP contribution >= 0.6 is 0 Å². The first-order valence-electron chi connectivity index (χ1n) is 11.4. The Labute approximate surface area is 198 Å². The number of nitrogens with zero attached hydrogens (tertiary/aromatic N) is 3. The summed E-state index contributed by atoms with van der Waals surface area (Å²) >= 11 is 0. The quantitative estimate of drug-likeness (QED) is 0.666. The summed E-state index contributed by atoms with van der Waals surface area (Å²) in [6.07, 6.45) is 2.83. The molecule has 2 amide bonds. The molecule has 0 aliphatic carbocycles. The first-order valence-corrected chi connectivity index (χ1v) is 11.4. The van der Waals surface area contributed by atoms with Gasteiger partial charge < -0.3 is 20.6 Å². The van der Waals surface area contributed by atoms with Crippen molar-refractivity contribution in [1.29, 1.82) is 0 Å². The smallest absolute Gasteiger partial charge is 0.277 e. The third kappa shape index (κ3) is 4.77. The van der Waals surface area contributed by atoms with Gasteiger partial charge in [-0.1, -0.05) is 12.1 Å². The minimum atomic E-state index is -0.349. The number of amides is 2. The summed E-state index contributed by atoms with van der Waals surface area (Å²) in [5.41, 5.74) is 9.41. The molecule has 4 rings (SSSR count). The summed E-state index contributed by atoms with van der Waals surface area (Å²) in [7, 11) is 0. The van der Waals surface area contributed by atoms with E-state index in [1.54, 1.807) is 34.1 Å². The average molecular weight is 461 g/mol. The van der Waals surface area contributed by atoms with Crippen LogP contribution in [0.2, 0.25) is 0 Å². The van der Waals surface area contributed by atoms with E-state index in [2.05, 4.69) is 4.99 Å². The van der Waals surface area contributed by atoms with Crippen LogP contribution in [0.4, 0.5) is 17.1 Å². The Morgan fingerprint density at radius 3 is 2.18 bits per heavy atom. The first kappa shape index (κ1) is 23.4. The second-order valence-corrected chi connectivity index (χ2v) is 8.46. The van der Waals surface area contributed by atoms with Crippen molar-refractivity contribution in [2.45, 2.75) is 39.2 Å². The van der Waals surface area contributed by atoms with Gasteiger partial charge in [0.25, 0.3) is 5.91 Å². The molecule has 2 fully saturated rings. The van der Waals surface area contributed by atoms with Crippen molar-refractivity contribution in [3.8, 4) is 0 Å². The van der Waals surface area contributed by atoms with Gasteiger partial charge in [-0.15, -0.1) is 0 Å². The van der Waals surface area contributed by atoms with Gasteiger partial charge in [0.05, 0.1) is 18.0 Å². The molecular weight excluding hydrogens is 432 g/mol. The van der Waals surface area contributed by atoms with Crippen LogP contribution in [0.5, 0.6) is 0 Å². The molecule has 8 heteroatoms. The molecule has 0 spiro atoms. The number of ketones is 1. The van der Waals surface area contributed by atoms with Gasteiger partial charge in [0, 0.05) is 43.4 Å². The molecule has 34 heavy (non-hydrogen) atoms. The molecular formula is C26H28N4O4. The predicted octanol–water partition coefficient (Wildman–Crippen LogP) is 3.01. The Hall–Kier alpha value is -3.78. The highest BCUT2D eigenvalue weighted by Crippen LogP contribution is 2.29. The number of hydrogen-bond acceptors (Lipinski definition) is 6. The summed E-state index contributed by atoms with van der Waals surface area (Å²) in [5.74, 6) is -0.544. The lowest BCUT2D eigenvalue weighted by Gasteiger charge is -2.31. The van der Waals surface area contributed by atoms with Crippen molar-refractivity contribution in [2.24, 2.45) is 10.7 Å². The minimum Gasteiger partial charge on any atom is -0.396 e. The summed E-state index contributed by atoms with van der Waals surface area (Å²) < 4.78 is 0. The zero-order valence-corrected chi connectivity index (χ0v) is 19.2. The predicted molar refractivity (Wildman–Crippen MR) is 131 cm³/mol. The van der Waals surface area contributed by atoms with E-state index in [1.807, 2.05) is 24.3 Å². The molecule has 0 atom stereocenters. The topological polar surface area (TPSA) is 116 Å². The number of aliphatic hydroxyl groups is 1. The molecule has 0 aromatic heterocycles. The molecule has 2 saturated heterocycles. The number of aliphatic imine (C=N–C) groups is 1. The zero-order chi connectivity index (χ0) is 24.2. The van der Waals surface area contributed by atoms with Gasteiger partial charge >= 0.3 is 0 Å². The van der Waals surface area contributed by atoms with Gasteiger partial charge in [0.2, 0.25) is 5.91 Å². The number of Topliss-reactive ketones (excluding diaryl/α,β-unsaturated/α-hetero) is 1. The van der Waals surface area contributed by atoms with Gasteiger partial charge in [-0.2, -0.15) is 0 Å². The van der Waals surface area contributed by atoms with E-state index in [-0.39, 0.29) is 35.6 Å². The van der Waals surface area contributed by atoms with E-state index in [9.17, 15) is 19.5 Å². The van der Waals surface area contributed by atoms with Crippen molar-refractivity contribution in [2.75, 3.05) is 22.9 Å². The van der Waals surface area contributed by atoms with Crippen LogP contribution in [0.3, 0.4) is 0 Å². The second kappa shape index (κ2) is 10.0. The molecule has 2 aromatic rings. The van der Waals surface area contributed by atoms with Crippen molar-refractivity contribution in [1.82, 2.24) is 0 Å². The second-order valence-electron chi connectivity index (χ2n) is 8.46. The van der Waals surface area contributed by atoms with E-state index in [0.29, 0.717) is 42.9 Å². The van der Waals surface area contributed by atoms with E-state index in [0.717, 1.165) is 24.1 Å². The number of nitrogens with two attached hydrogens (primary N) is 1. The van der Waals surface area contributed by atoms with Crippen molar-refractivity contribution < 1.29 is 19.5 Å². The van der Waals surface area contributed by atoms with Gasteiger partial charge in [0.15, 0.2) is 5.78 Å². The van der Waals surface area contributed by atoms with Gasteiger partial charge in [-0.05, 0) is 61.2 Å². The molecule has 8 nitrogen and oxygen atoms in total. The third-order valence-electron chi connectivity index (χ3n) is 6.18. The zero-order valence-electron chi connectivity index (χ0n) is 19.2. The molecule has 2 aliphatic rings. The number of carbonyl (C=O) groups is 3. The van der Waals surface area contributed by atoms with Crippen LogP contribution in [0.1, 0.15) is 38.2 Å². The van der Waals surface area contributed by atoms with Crippen LogP contribution in [0, 0.1) is 0 Å². The number of hydrogen-bond donors (Lipinski definition) is 2. The molecule has 2 aliphatic heterocycles.